The van der Waals surface area contributed by atoms with Crippen LogP contribution in [-0.4, -0.2) is 4.92 Å². The molecule has 1 saturated carbocycles. The lowest BCUT2D eigenvalue weighted by Crippen LogP contribution is -2.13. The Labute approximate surface area is 121 Å². The average Bonchev–Trinajstić information content (AvgIpc) is 3.30. The second-order valence-electron chi connectivity index (χ2n) is 5.29. The number of anilines is 1. The van der Waals surface area contributed by atoms with Crippen LogP contribution in [0.5, 0.6) is 0 Å². The Kier molecular flexibility index (Phi) is 3.56. The van der Waals surface area contributed by atoms with E-state index in [-0.39, 0.29) is 6.04 Å². The largest absolute Gasteiger partial charge is 0.378 e. The summed E-state index contributed by atoms with van der Waals surface area (Å²) >= 11 is 0. The van der Waals surface area contributed by atoms with Crippen molar-refractivity contribution in [3.63, 3.8) is 0 Å². The Morgan fingerprint density at radius 2 is 1.90 bits per heavy atom. The van der Waals surface area contributed by atoms with Gasteiger partial charge in [0.05, 0.1) is 11.0 Å². The van der Waals surface area contributed by atoms with Crippen molar-refractivity contribution in [1.82, 2.24) is 0 Å². The van der Waals surface area contributed by atoms with Gasteiger partial charge in [-0.3, -0.25) is 10.1 Å². The second kappa shape index (κ2) is 5.52. The minimum Gasteiger partial charge on any atom is -0.378 e. The van der Waals surface area contributed by atoms with E-state index in [0.29, 0.717) is 11.6 Å². The number of benzene rings is 2. The van der Waals surface area contributed by atoms with E-state index in [1.54, 1.807) is 6.07 Å². The molecule has 1 N–H and O–H groups in total. The third-order valence-corrected chi connectivity index (χ3v) is 3.72. The molecule has 2 aromatic carbocycles. The van der Waals surface area contributed by atoms with E-state index >= 15 is 0 Å². The van der Waals surface area contributed by atoms with Crippen molar-refractivity contribution in [3.05, 3.63) is 70.0 Å². The van der Waals surface area contributed by atoms with Crippen LogP contribution < -0.4 is 5.32 Å². The number of nitrogens with zero attached hydrogens (tertiary/aromatic N) is 1. The van der Waals surface area contributed by atoms with Crippen molar-refractivity contribution in [1.29, 1.82) is 0 Å². The fraction of sp³-hybridized carbons (Fsp3) is 0.250. The molecule has 1 unspecified atom stereocenters. The molecule has 0 radical (unpaired) electrons. The molecule has 0 aromatic heterocycles. The minimum atomic E-state index is -0.812. The maximum atomic E-state index is 13.7. The molecule has 1 atom stereocenters. The van der Waals surface area contributed by atoms with Gasteiger partial charge in [-0.1, -0.05) is 30.3 Å². The number of nitro benzene ring substituents is 1. The molecule has 3 rings (SSSR count). The van der Waals surface area contributed by atoms with Crippen molar-refractivity contribution < 1.29 is 9.31 Å². The van der Waals surface area contributed by atoms with Crippen LogP contribution in [0.4, 0.5) is 15.8 Å². The van der Waals surface area contributed by atoms with Crippen molar-refractivity contribution in [2.24, 2.45) is 5.92 Å². The number of hydrogen-bond acceptors (Lipinski definition) is 3. The molecular formula is C16H15FN2O2. The highest BCUT2D eigenvalue weighted by atomic mass is 19.1. The van der Waals surface area contributed by atoms with E-state index in [0.717, 1.165) is 18.4 Å². The normalized spacial score (nSPS) is 15.5. The summed E-state index contributed by atoms with van der Waals surface area (Å²) in [6.07, 6.45) is 2.28. The molecule has 5 heteroatoms. The second-order valence-corrected chi connectivity index (χ2v) is 5.29. The molecule has 1 aliphatic rings. The maximum absolute atomic E-state index is 13.7. The van der Waals surface area contributed by atoms with Gasteiger partial charge in [-0.05, 0) is 30.4 Å². The summed E-state index contributed by atoms with van der Waals surface area (Å²) in [5.74, 6) is -0.279. The highest BCUT2D eigenvalue weighted by Gasteiger charge is 2.32. The van der Waals surface area contributed by atoms with Crippen LogP contribution in [0.3, 0.4) is 0 Å². The van der Waals surface area contributed by atoms with Crippen LogP contribution in [0, 0.1) is 21.8 Å². The predicted octanol–water partition coefficient (Wildman–Crippen LogP) is 4.30. The van der Waals surface area contributed by atoms with Crippen molar-refractivity contribution in [3.8, 4) is 0 Å². The van der Waals surface area contributed by atoms with Crippen molar-refractivity contribution >= 4 is 11.4 Å². The summed E-state index contributed by atoms with van der Waals surface area (Å²) in [6, 6.07) is 14.1. The monoisotopic (exact) mass is 286 g/mol. The van der Waals surface area contributed by atoms with Crippen molar-refractivity contribution in [2.75, 3.05) is 5.32 Å². The highest BCUT2D eigenvalue weighted by Crippen LogP contribution is 2.43. The summed E-state index contributed by atoms with van der Waals surface area (Å²) in [6.45, 7) is 0. The van der Waals surface area contributed by atoms with Gasteiger partial charge < -0.3 is 5.32 Å². The first-order valence-electron chi connectivity index (χ1n) is 6.90. The lowest BCUT2D eigenvalue weighted by molar-refractivity contribution is -0.387. The summed E-state index contributed by atoms with van der Waals surface area (Å²) < 4.78 is 13.7. The van der Waals surface area contributed by atoms with Gasteiger partial charge >= 0.3 is 5.69 Å². The third-order valence-electron chi connectivity index (χ3n) is 3.72. The molecule has 108 valence electrons. The van der Waals surface area contributed by atoms with Gasteiger partial charge in [0.2, 0.25) is 5.82 Å². The number of rotatable bonds is 5. The molecular weight excluding hydrogens is 271 g/mol. The number of nitrogens with one attached hydrogen (secondary N) is 1. The van der Waals surface area contributed by atoms with Gasteiger partial charge in [-0.2, -0.15) is 4.39 Å². The van der Waals surface area contributed by atoms with Gasteiger partial charge in [0.15, 0.2) is 0 Å². The van der Waals surface area contributed by atoms with Gasteiger partial charge in [0, 0.05) is 17.8 Å². The van der Waals surface area contributed by atoms with Crippen LogP contribution >= 0.6 is 0 Å². The van der Waals surface area contributed by atoms with E-state index in [9.17, 15) is 14.5 Å². The van der Waals surface area contributed by atoms with Crippen LogP contribution in [0.1, 0.15) is 24.4 Å². The first-order chi connectivity index (χ1) is 10.1. The minimum absolute atomic E-state index is 0.118. The van der Waals surface area contributed by atoms with Crippen LogP contribution in [0.2, 0.25) is 0 Å². The van der Waals surface area contributed by atoms with Gasteiger partial charge in [-0.25, -0.2) is 0 Å². The fourth-order valence-corrected chi connectivity index (χ4v) is 2.49. The zero-order valence-electron chi connectivity index (χ0n) is 11.3. The molecule has 2 aromatic rings. The topological polar surface area (TPSA) is 55.2 Å². The molecule has 0 aliphatic heterocycles. The van der Waals surface area contributed by atoms with E-state index in [2.05, 4.69) is 5.32 Å². The lowest BCUT2D eigenvalue weighted by Gasteiger charge is -2.20. The number of halogens is 1. The lowest BCUT2D eigenvalue weighted by atomic mass is 10.0. The van der Waals surface area contributed by atoms with E-state index < -0.39 is 16.4 Å². The Bertz CT molecular complexity index is 657. The van der Waals surface area contributed by atoms with E-state index in [4.69, 9.17) is 0 Å². The summed E-state index contributed by atoms with van der Waals surface area (Å²) in [5, 5.41) is 13.9. The average molecular weight is 286 g/mol. The Hall–Kier alpha value is -2.43. The molecule has 4 nitrogen and oxygen atoms in total. The summed E-state index contributed by atoms with van der Waals surface area (Å²) in [7, 11) is 0. The van der Waals surface area contributed by atoms with Gasteiger partial charge in [0.25, 0.3) is 0 Å². The quantitative estimate of drug-likeness (QED) is 0.658. The molecule has 1 aliphatic carbocycles. The van der Waals surface area contributed by atoms with Gasteiger partial charge in [-0.15, -0.1) is 0 Å². The standard InChI is InChI=1S/C16H15FN2O2/c17-14-10-13(8-9-15(14)19(20)21)18-16(12-6-7-12)11-4-2-1-3-5-11/h1-5,8-10,12,16,18H,6-7H2. The Morgan fingerprint density at radius 1 is 1.19 bits per heavy atom. The highest BCUT2D eigenvalue weighted by molar-refractivity contribution is 5.51. The fourth-order valence-electron chi connectivity index (χ4n) is 2.49. The maximum Gasteiger partial charge on any atom is 0.304 e. The molecule has 0 amide bonds. The predicted molar refractivity (Wildman–Crippen MR) is 78.6 cm³/mol. The molecule has 0 heterocycles. The molecule has 0 bridgehead atoms. The first-order valence-corrected chi connectivity index (χ1v) is 6.90. The summed E-state index contributed by atoms with van der Waals surface area (Å²) in [4.78, 5) is 9.93. The van der Waals surface area contributed by atoms with Gasteiger partial charge in [0.1, 0.15) is 0 Å². The van der Waals surface area contributed by atoms with Crippen LogP contribution in [-0.2, 0) is 0 Å². The van der Waals surface area contributed by atoms with Crippen LogP contribution in [0.15, 0.2) is 48.5 Å². The van der Waals surface area contributed by atoms with Crippen molar-refractivity contribution in [2.45, 2.75) is 18.9 Å². The van der Waals surface area contributed by atoms with E-state index in [1.165, 1.54) is 12.1 Å². The molecule has 0 saturated heterocycles. The summed E-state index contributed by atoms with van der Waals surface area (Å²) in [5.41, 5.74) is 1.22. The molecule has 0 spiro atoms. The van der Waals surface area contributed by atoms with E-state index in [1.807, 2.05) is 30.3 Å². The third kappa shape index (κ3) is 3.02. The number of hydrogen-bond donors (Lipinski definition) is 1. The Morgan fingerprint density at radius 3 is 2.48 bits per heavy atom. The number of nitro groups is 1. The zero-order chi connectivity index (χ0) is 14.8. The Balaban J connectivity index is 1.84. The molecule has 1 fully saturated rings. The zero-order valence-corrected chi connectivity index (χ0v) is 11.3. The van der Waals surface area contributed by atoms with Crippen LogP contribution in [0.25, 0.3) is 0 Å². The molecule has 21 heavy (non-hydrogen) atoms. The SMILES string of the molecule is O=[N+]([O-])c1ccc(NC(c2ccccc2)C2CC2)cc1F. The first kappa shape index (κ1) is 13.5. The smallest absolute Gasteiger partial charge is 0.304 e.